The molecule has 0 bridgehead atoms. The third-order valence-electron chi connectivity index (χ3n) is 2.88. The van der Waals surface area contributed by atoms with Crippen LogP contribution in [0.2, 0.25) is 0 Å². The highest BCUT2D eigenvalue weighted by molar-refractivity contribution is 5.20. The normalized spacial score (nSPS) is 15.0. The van der Waals surface area contributed by atoms with Gasteiger partial charge in [-0.05, 0) is 24.5 Å². The second-order valence-electron chi connectivity index (χ2n) is 3.95. The molecule has 0 aliphatic heterocycles. The molecule has 0 radical (unpaired) electrons. The monoisotopic (exact) mass is 213 g/mol. The van der Waals surface area contributed by atoms with Crippen molar-refractivity contribution in [3.05, 3.63) is 35.4 Å². The molecule has 0 aliphatic rings. The smallest absolute Gasteiger partial charge is 0.129 e. The standard InChI is InChI=1S/C12H17F2N/c1-3-8(2)12(15)7-9-10(13)5-4-6-11(9)14/h4-6,8,12H,3,7,15H2,1-2H3. The first-order valence-electron chi connectivity index (χ1n) is 5.24. The molecule has 2 atom stereocenters. The number of hydrogen-bond donors (Lipinski definition) is 1. The van der Waals surface area contributed by atoms with Gasteiger partial charge in [-0.2, -0.15) is 0 Å². The SMILES string of the molecule is CCC(C)C(N)Cc1c(F)cccc1F. The van der Waals surface area contributed by atoms with E-state index in [1.165, 1.54) is 18.2 Å². The summed E-state index contributed by atoms with van der Waals surface area (Å²) in [6.07, 6.45) is 1.17. The van der Waals surface area contributed by atoms with Gasteiger partial charge in [-0.1, -0.05) is 26.3 Å². The lowest BCUT2D eigenvalue weighted by atomic mass is 9.93. The molecule has 3 heteroatoms. The van der Waals surface area contributed by atoms with Crippen LogP contribution in [0.5, 0.6) is 0 Å². The van der Waals surface area contributed by atoms with Crippen molar-refractivity contribution >= 4 is 0 Å². The largest absolute Gasteiger partial charge is 0.327 e. The molecule has 1 aromatic carbocycles. The van der Waals surface area contributed by atoms with Crippen molar-refractivity contribution in [2.24, 2.45) is 11.7 Å². The molecular formula is C12H17F2N. The van der Waals surface area contributed by atoms with E-state index in [1.54, 1.807) is 0 Å². The maximum atomic E-state index is 13.3. The molecule has 84 valence electrons. The quantitative estimate of drug-likeness (QED) is 0.817. The van der Waals surface area contributed by atoms with Gasteiger partial charge in [0.2, 0.25) is 0 Å². The predicted molar refractivity (Wildman–Crippen MR) is 57.5 cm³/mol. The Labute approximate surface area is 89.3 Å². The Kier molecular flexibility index (Phi) is 4.21. The maximum absolute atomic E-state index is 13.3. The molecule has 1 rings (SSSR count). The molecule has 0 amide bonds. The molecule has 15 heavy (non-hydrogen) atoms. The molecule has 0 heterocycles. The Hall–Kier alpha value is -0.960. The van der Waals surface area contributed by atoms with Gasteiger partial charge < -0.3 is 5.73 Å². The average molecular weight is 213 g/mol. The van der Waals surface area contributed by atoms with E-state index in [1.807, 2.05) is 13.8 Å². The third-order valence-corrected chi connectivity index (χ3v) is 2.88. The van der Waals surface area contributed by atoms with Crippen molar-refractivity contribution < 1.29 is 8.78 Å². The van der Waals surface area contributed by atoms with Crippen LogP contribution in [0.4, 0.5) is 8.78 Å². The Morgan fingerprint density at radius 2 is 1.80 bits per heavy atom. The molecule has 0 fully saturated rings. The Balaban J connectivity index is 2.80. The molecule has 0 spiro atoms. The summed E-state index contributed by atoms with van der Waals surface area (Å²) in [5.74, 6) is -0.744. The van der Waals surface area contributed by atoms with E-state index < -0.39 is 11.6 Å². The zero-order valence-electron chi connectivity index (χ0n) is 9.13. The van der Waals surface area contributed by atoms with Gasteiger partial charge in [0, 0.05) is 11.6 Å². The Morgan fingerprint density at radius 1 is 1.27 bits per heavy atom. The Bertz CT molecular complexity index is 305. The average Bonchev–Trinajstić information content (AvgIpc) is 2.22. The van der Waals surface area contributed by atoms with Gasteiger partial charge >= 0.3 is 0 Å². The van der Waals surface area contributed by atoms with Gasteiger partial charge in [-0.3, -0.25) is 0 Å². The second kappa shape index (κ2) is 5.21. The first-order valence-corrected chi connectivity index (χ1v) is 5.24. The summed E-state index contributed by atoms with van der Waals surface area (Å²) in [4.78, 5) is 0. The van der Waals surface area contributed by atoms with Crippen molar-refractivity contribution in [1.29, 1.82) is 0 Å². The maximum Gasteiger partial charge on any atom is 0.129 e. The van der Waals surface area contributed by atoms with Crippen LogP contribution in [0.3, 0.4) is 0 Å². The zero-order chi connectivity index (χ0) is 11.4. The highest BCUT2D eigenvalue weighted by Crippen LogP contribution is 2.17. The Morgan fingerprint density at radius 3 is 2.27 bits per heavy atom. The number of nitrogens with two attached hydrogens (primary N) is 1. The van der Waals surface area contributed by atoms with E-state index >= 15 is 0 Å². The number of benzene rings is 1. The summed E-state index contributed by atoms with van der Waals surface area (Å²) in [7, 11) is 0. The van der Waals surface area contributed by atoms with Crippen LogP contribution in [-0.2, 0) is 6.42 Å². The highest BCUT2D eigenvalue weighted by Gasteiger charge is 2.16. The van der Waals surface area contributed by atoms with Gasteiger partial charge in [0.05, 0.1) is 0 Å². The van der Waals surface area contributed by atoms with Gasteiger partial charge in [0.1, 0.15) is 11.6 Å². The van der Waals surface area contributed by atoms with Crippen LogP contribution in [0.15, 0.2) is 18.2 Å². The van der Waals surface area contributed by atoms with Crippen molar-refractivity contribution in [3.8, 4) is 0 Å². The number of rotatable bonds is 4. The molecule has 1 aromatic rings. The fraction of sp³-hybridized carbons (Fsp3) is 0.500. The van der Waals surface area contributed by atoms with Crippen LogP contribution < -0.4 is 5.73 Å². The molecule has 0 saturated carbocycles. The third kappa shape index (κ3) is 2.99. The topological polar surface area (TPSA) is 26.0 Å². The van der Waals surface area contributed by atoms with Gasteiger partial charge in [-0.15, -0.1) is 0 Å². The first-order chi connectivity index (χ1) is 7.06. The van der Waals surface area contributed by atoms with Crippen molar-refractivity contribution in [3.63, 3.8) is 0 Å². The first kappa shape index (κ1) is 12.1. The van der Waals surface area contributed by atoms with Gasteiger partial charge in [-0.25, -0.2) is 8.78 Å². The molecule has 2 N–H and O–H groups in total. The van der Waals surface area contributed by atoms with Crippen LogP contribution in [0.25, 0.3) is 0 Å². The summed E-state index contributed by atoms with van der Waals surface area (Å²) in [6.45, 7) is 4.01. The summed E-state index contributed by atoms with van der Waals surface area (Å²) in [5, 5.41) is 0. The fourth-order valence-electron chi connectivity index (χ4n) is 1.47. The minimum atomic E-state index is -0.506. The predicted octanol–water partition coefficient (Wildman–Crippen LogP) is 2.88. The molecule has 0 saturated heterocycles. The van der Waals surface area contributed by atoms with E-state index in [9.17, 15) is 8.78 Å². The van der Waals surface area contributed by atoms with Crippen LogP contribution >= 0.6 is 0 Å². The van der Waals surface area contributed by atoms with Crippen molar-refractivity contribution in [2.75, 3.05) is 0 Å². The fourth-order valence-corrected chi connectivity index (χ4v) is 1.47. The van der Waals surface area contributed by atoms with Crippen molar-refractivity contribution in [1.82, 2.24) is 0 Å². The molecule has 2 unspecified atom stereocenters. The summed E-state index contributed by atoms with van der Waals surface area (Å²) in [5.41, 5.74) is 5.97. The van der Waals surface area contributed by atoms with Gasteiger partial charge in [0.15, 0.2) is 0 Å². The van der Waals surface area contributed by atoms with E-state index in [4.69, 9.17) is 5.73 Å². The minimum Gasteiger partial charge on any atom is -0.327 e. The lowest BCUT2D eigenvalue weighted by molar-refractivity contribution is 0.425. The lowest BCUT2D eigenvalue weighted by Crippen LogP contribution is -2.30. The van der Waals surface area contributed by atoms with Gasteiger partial charge in [0.25, 0.3) is 0 Å². The van der Waals surface area contributed by atoms with E-state index in [0.717, 1.165) is 6.42 Å². The molecule has 0 aromatic heterocycles. The van der Waals surface area contributed by atoms with Crippen LogP contribution in [0.1, 0.15) is 25.8 Å². The second-order valence-corrected chi connectivity index (χ2v) is 3.95. The minimum absolute atomic E-state index is 0.102. The summed E-state index contributed by atoms with van der Waals surface area (Å²) in [6, 6.07) is 3.70. The van der Waals surface area contributed by atoms with Crippen LogP contribution in [-0.4, -0.2) is 6.04 Å². The molecule has 1 nitrogen and oxygen atoms in total. The summed E-state index contributed by atoms with van der Waals surface area (Å²) >= 11 is 0. The van der Waals surface area contributed by atoms with Crippen LogP contribution in [0, 0.1) is 17.6 Å². The summed E-state index contributed by atoms with van der Waals surface area (Å²) < 4.78 is 26.6. The van der Waals surface area contributed by atoms with E-state index in [2.05, 4.69) is 0 Å². The highest BCUT2D eigenvalue weighted by atomic mass is 19.1. The van der Waals surface area contributed by atoms with E-state index in [0.29, 0.717) is 0 Å². The number of hydrogen-bond acceptors (Lipinski definition) is 1. The lowest BCUT2D eigenvalue weighted by Gasteiger charge is -2.18. The molecular weight excluding hydrogens is 196 g/mol. The van der Waals surface area contributed by atoms with Crippen molar-refractivity contribution in [2.45, 2.75) is 32.7 Å². The number of halogens is 2. The zero-order valence-corrected chi connectivity index (χ0v) is 9.13. The molecule has 0 aliphatic carbocycles. The van der Waals surface area contributed by atoms with E-state index in [-0.39, 0.29) is 23.9 Å².